The van der Waals surface area contributed by atoms with Crippen LogP contribution in [-0.4, -0.2) is 12.6 Å². The number of rotatable bonds is 4. The molecule has 2 heteroatoms. The van der Waals surface area contributed by atoms with Crippen LogP contribution >= 0.6 is 0 Å². The van der Waals surface area contributed by atoms with Crippen molar-refractivity contribution in [1.82, 2.24) is 0 Å². The van der Waals surface area contributed by atoms with Crippen LogP contribution < -0.4 is 10.5 Å². The summed E-state index contributed by atoms with van der Waals surface area (Å²) in [5, 5.41) is 0. The van der Waals surface area contributed by atoms with Crippen molar-refractivity contribution in [2.45, 2.75) is 45.6 Å². The van der Waals surface area contributed by atoms with Crippen LogP contribution in [-0.2, 0) is 0 Å². The number of hydrogen-bond donors (Lipinski definition) is 1. The van der Waals surface area contributed by atoms with E-state index in [2.05, 4.69) is 32.0 Å². The van der Waals surface area contributed by atoms with Crippen LogP contribution in [0.4, 0.5) is 0 Å². The molecule has 0 spiro atoms. The Morgan fingerprint density at radius 2 is 1.76 bits per heavy atom. The summed E-state index contributed by atoms with van der Waals surface area (Å²) >= 11 is 0. The van der Waals surface area contributed by atoms with Crippen LogP contribution in [0.15, 0.2) is 18.2 Å². The minimum absolute atomic E-state index is 0.193. The quantitative estimate of drug-likeness (QED) is 0.866. The highest BCUT2D eigenvalue weighted by Gasteiger charge is 2.22. The summed E-state index contributed by atoms with van der Waals surface area (Å²) in [5.74, 6) is 1.62. The molecular formula is C15H23NO. The van der Waals surface area contributed by atoms with E-state index in [0.717, 1.165) is 5.75 Å². The SMILES string of the molecule is Cc1cc(C)cc(OCC(N)C2CCCC2)c1. The lowest BCUT2D eigenvalue weighted by Crippen LogP contribution is -2.34. The molecule has 17 heavy (non-hydrogen) atoms. The standard InChI is InChI=1S/C15H23NO/c1-11-7-12(2)9-14(8-11)17-10-15(16)13-5-3-4-6-13/h7-9,13,15H,3-6,10,16H2,1-2H3. The summed E-state index contributed by atoms with van der Waals surface area (Å²) in [7, 11) is 0. The molecule has 0 bridgehead atoms. The lowest BCUT2D eigenvalue weighted by molar-refractivity contribution is 0.247. The summed E-state index contributed by atoms with van der Waals surface area (Å²) in [6.07, 6.45) is 5.22. The molecular weight excluding hydrogens is 210 g/mol. The van der Waals surface area contributed by atoms with E-state index in [4.69, 9.17) is 10.5 Å². The number of benzene rings is 1. The molecule has 0 aromatic heterocycles. The fourth-order valence-corrected chi connectivity index (χ4v) is 2.73. The van der Waals surface area contributed by atoms with Crippen molar-refractivity contribution in [3.8, 4) is 5.75 Å². The summed E-state index contributed by atoms with van der Waals surface area (Å²) < 4.78 is 5.82. The van der Waals surface area contributed by atoms with Gasteiger partial charge in [-0.15, -0.1) is 0 Å². The summed E-state index contributed by atoms with van der Waals surface area (Å²) in [5.41, 5.74) is 8.67. The molecule has 1 aromatic rings. The van der Waals surface area contributed by atoms with Crippen molar-refractivity contribution < 1.29 is 4.74 Å². The van der Waals surface area contributed by atoms with Gasteiger partial charge in [-0.25, -0.2) is 0 Å². The predicted octanol–water partition coefficient (Wildman–Crippen LogP) is 3.20. The van der Waals surface area contributed by atoms with Gasteiger partial charge < -0.3 is 10.5 Å². The second-order valence-electron chi connectivity index (χ2n) is 5.34. The molecule has 0 radical (unpaired) electrons. The molecule has 1 saturated carbocycles. The lowest BCUT2D eigenvalue weighted by atomic mass is 10.00. The molecule has 0 amide bonds. The van der Waals surface area contributed by atoms with Gasteiger partial charge >= 0.3 is 0 Å². The summed E-state index contributed by atoms with van der Waals surface area (Å²) in [4.78, 5) is 0. The highest BCUT2D eigenvalue weighted by atomic mass is 16.5. The van der Waals surface area contributed by atoms with Crippen LogP contribution in [0.2, 0.25) is 0 Å². The summed E-state index contributed by atoms with van der Waals surface area (Å²) in [6.45, 7) is 4.83. The van der Waals surface area contributed by atoms with Crippen LogP contribution in [0, 0.1) is 19.8 Å². The van der Waals surface area contributed by atoms with Crippen LogP contribution in [0.3, 0.4) is 0 Å². The molecule has 94 valence electrons. The third-order valence-electron chi connectivity index (χ3n) is 3.64. The van der Waals surface area contributed by atoms with E-state index in [1.165, 1.54) is 36.8 Å². The molecule has 0 saturated heterocycles. The van der Waals surface area contributed by atoms with Crippen LogP contribution in [0.1, 0.15) is 36.8 Å². The average molecular weight is 233 g/mol. The van der Waals surface area contributed by atoms with Gasteiger partial charge in [0, 0.05) is 6.04 Å². The zero-order valence-electron chi connectivity index (χ0n) is 10.9. The highest BCUT2D eigenvalue weighted by molar-refractivity contribution is 5.33. The number of nitrogens with two attached hydrogens (primary N) is 1. The van der Waals surface area contributed by atoms with Crippen LogP contribution in [0.25, 0.3) is 0 Å². The first-order valence-corrected chi connectivity index (χ1v) is 6.62. The molecule has 0 aliphatic heterocycles. The molecule has 2 rings (SSSR count). The molecule has 1 atom stereocenters. The molecule has 1 fully saturated rings. The smallest absolute Gasteiger partial charge is 0.119 e. The maximum absolute atomic E-state index is 6.18. The maximum Gasteiger partial charge on any atom is 0.119 e. The second-order valence-corrected chi connectivity index (χ2v) is 5.34. The molecule has 0 heterocycles. The normalized spacial score (nSPS) is 18.3. The van der Waals surface area contributed by atoms with Gasteiger partial charge in [0.2, 0.25) is 0 Å². The van der Waals surface area contributed by atoms with E-state index >= 15 is 0 Å². The molecule has 2 nitrogen and oxygen atoms in total. The minimum atomic E-state index is 0.193. The Bertz CT molecular complexity index is 349. The number of ether oxygens (including phenoxy) is 1. The van der Waals surface area contributed by atoms with Crippen molar-refractivity contribution in [3.63, 3.8) is 0 Å². The van der Waals surface area contributed by atoms with Gasteiger partial charge in [0.15, 0.2) is 0 Å². The Labute approximate surface area is 104 Å². The highest BCUT2D eigenvalue weighted by Crippen LogP contribution is 2.27. The third kappa shape index (κ3) is 3.47. The van der Waals surface area contributed by atoms with Gasteiger partial charge in [0.25, 0.3) is 0 Å². The zero-order valence-corrected chi connectivity index (χ0v) is 10.9. The Morgan fingerprint density at radius 1 is 1.18 bits per heavy atom. The van der Waals surface area contributed by atoms with E-state index in [-0.39, 0.29) is 6.04 Å². The van der Waals surface area contributed by atoms with Crippen LogP contribution in [0.5, 0.6) is 5.75 Å². The fourth-order valence-electron chi connectivity index (χ4n) is 2.73. The van der Waals surface area contributed by atoms with Gasteiger partial charge in [0.05, 0.1) is 0 Å². The van der Waals surface area contributed by atoms with Gasteiger partial charge in [0.1, 0.15) is 12.4 Å². The molecule has 1 aromatic carbocycles. The van der Waals surface area contributed by atoms with E-state index in [9.17, 15) is 0 Å². The lowest BCUT2D eigenvalue weighted by Gasteiger charge is -2.19. The van der Waals surface area contributed by atoms with Gasteiger partial charge in [-0.1, -0.05) is 18.9 Å². The fraction of sp³-hybridized carbons (Fsp3) is 0.600. The molecule has 1 aliphatic carbocycles. The first-order valence-electron chi connectivity index (χ1n) is 6.62. The predicted molar refractivity (Wildman–Crippen MR) is 71.3 cm³/mol. The minimum Gasteiger partial charge on any atom is -0.492 e. The maximum atomic E-state index is 6.18. The Kier molecular flexibility index (Phi) is 4.06. The van der Waals surface area contributed by atoms with E-state index in [1.807, 2.05) is 0 Å². The Hall–Kier alpha value is -1.02. The van der Waals surface area contributed by atoms with E-state index < -0.39 is 0 Å². The van der Waals surface area contributed by atoms with Crippen molar-refractivity contribution in [3.05, 3.63) is 29.3 Å². The van der Waals surface area contributed by atoms with Crippen molar-refractivity contribution in [1.29, 1.82) is 0 Å². The first-order chi connectivity index (χ1) is 8.15. The molecule has 1 aliphatic rings. The molecule has 2 N–H and O–H groups in total. The van der Waals surface area contributed by atoms with Gasteiger partial charge in [-0.3, -0.25) is 0 Å². The monoisotopic (exact) mass is 233 g/mol. The number of hydrogen-bond acceptors (Lipinski definition) is 2. The largest absolute Gasteiger partial charge is 0.492 e. The van der Waals surface area contributed by atoms with Crippen molar-refractivity contribution >= 4 is 0 Å². The van der Waals surface area contributed by atoms with E-state index in [1.54, 1.807) is 0 Å². The van der Waals surface area contributed by atoms with Crippen molar-refractivity contribution in [2.24, 2.45) is 11.7 Å². The summed E-state index contributed by atoms with van der Waals surface area (Å²) in [6, 6.07) is 6.50. The number of aryl methyl sites for hydroxylation is 2. The molecule has 1 unspecified atom stereocenters. The Balaban J connectivity index is 1.88. The third-order valence-corrected chi connectivity index (χ3v) is 3.64. The topological polar surface area (TPSA) is 35.2 Å². The zero-order chi connectivity index (χ0) is 12.3. The van der Waals surface area contributed by atoms with Gasteiger partial charge in [-0.2, -0.15) is 0 Å². The average Bonchev–Trinajstić information content (AvgIpc) is 2.78. The first kappa shape index (κ1) is 12.4. The van der Waals surface area contributed by atoms with Gasteiger partial charge in [-0.05, 0) is 55.9 Å². The van der Waals surface area contributed by atoms with E-state index in [0.29, 0.717) is 12.5 Å². The Morgan fingerprint density at radius 3 is 2.35 bits per heavy atom. The second kappa shape index (κ2) is 5.54. The van der Waals surface area contributed by atoms with Crippen molar-refractivity contribution in [2.75, 3.05) is 6.61 Å².